The van der Waals surface area contributed by atoms with Crippen LogP contribution < -0.4 is 5.32 Å². The number of hydrogen-bond donors (Lipinski definition) is 1. The van der Waals surface area contributed by atoms with Crippen LogP contribution in [-0.4, -0.2) is 7.05 Å². The first-order chi connectivity index (χ1) is 5.72. The molecule has 1 N–H and O–H groups in total. The monoisotopic (exact) mass is 201 g/mol. The number of fused-ring (bicyclic) bond motifs is 1. The lowest BCUT2D eigenvalue weighted by Crippen LogP contribution is -2.19. The van der Waals surface area contributed by atoms with Gasteiger partial charge in [0.1, 0.15) is 0 Å². The largest absolute Gasteiger partial charge is 0.313 e. The topological polar surface area (TPSA) is 12.0 Å². The van der Waals surface area contributed by atoms with Crippen molar-refractivity contribution in [3.8, 4) is 0 Å². The van der Waals surface area contributed by atoms with Crippen molar-refractivity contribution in [2.24, 2.45) is 5.92 Å². The van der Waals surface area contributed by atoms with Gasteiger partial charge in [-0.1, -0.05) is 18.5 Å². The SMILES string of the molecule is CNC1c2cc(Cl)sc2CC1C. The third kappa shape index (κ3) is 1.18. The van der Waals surface area contributed by atoms with Crippen LogP contribution in [0.4, 0.5) is 0 Å². The molecule has 0 fully saturated rings. The van der Waals surface area contributed by atoms with Gasteiger partial charge in [-0.05, 0) is 31.0 Å². The van der Waals surface area contributed by atoms with Gasteiger partial charge in [0.15, 0.2) is 0 Å². The van der Waals surface area contributed by atoms with E-state index in [2.05, 4.69) is 18.3 Å². The minimum Gasteiger partial charge on any atom is -0.313 e. The lowest BCUT2D eigenvalue weighted by atomic mass is 10.0. The van der Waals surface area contributed by atoms with Gasteiger partial charge in [0, 0.05) is 10.9 Å². The number of thiophene rings is 1. The van der Waals surface area contributed by atoms with E-state index in [9.17, 15) is 0 Å². The number of rotatable bonds is 1. The molecule has 0 spiro atoms. The molecule has 0 saturated carbocycles. The third-order valence-electron chi connectivity index (χ3n) is 2.53. The summed E-state index contributed by atoms with van der Waals surface area (Å²) in [5, 5.41) is 3.33. The van der Waals surface area contributed by atoms with E-state index >= 15 is 0 Å². The zero-order valence-electron chi connectivity index (χ0n) is 7.23. The summed E-state index contributed by atoms with van der Waals surface area (Å²) in [6, 6.07) is 2.62. The maximum absolute atomic E-state index is 5.94. The van der Waals surface area contributed by atoms with Gasteiger partial charge < -0.3 is 5.32 Å². The normalized spacial score (nSPS) is 27.6. The van der Waals surface area contributed by atoms with Crippen LogP contribution in [0.25, 0.3) is 0 Å². The van der Waals surface area contributed by atoms with E-state index in [0.29, 0.717) is 12.0 Å². The molecule has 0 saturated heterocycles. The molecule has 0 radical (unpaired) electrons. The summed E-state index contributed by atoms with van der Waals surface area (Å²) < 4.78 is 0.923. The molecule has 1 aromatic heterocycles. The van der Waals surface area contributed by atoms with Crippen LogP contribution in [0.1, 0.15) is 23.4 Å². The van der Waals surface area contributed by atoms with Crippen molar-refractivity contribution in [1.29, 1.82) is 0 Å². The van der Waals surface area contributed by atoms with Gasteiger partial charge in [-0.25, -0.2) is 0 Å². The Morgan fingerprint density at radius 3 is 3.08 bits per heavy atom. The van der Waals surface area contributed by atoms with Gasteiger partial charge in [0.25, 0.3) is 0 Å². The first kappa shape index (κ1) is 8.54. The molecule has 0 aromatic carbocycles. The fourth-order valence-corrected chi connectivity index (χ4v) is 3.46. The molecule has 0 aliphatic heterocycles. The van der Waals surface area contributed by atoms with Gasteiger partial charge >= 0.3 is 0 Å². The smallest absolute Gasteiger partial charge is 0.0934 e. The molecule has 1 aromatic rings. The quantitative estimate of drug-likeness (QED) is 0.737. The van der Waals surface area contributed by atoms with Crippen molar-refractivity contribution in [2.75, 3.05) is 7.05 Å². The van der Waals surface area contributed by atoms with Crippen molar-refractivity contribution in [1.82, 2.24) is 5.32 Å². The van der Waals surface area contributed by atoms with Crippen LogP contribution in [-0.2, 0) is 6.42 Å². The van der Waals surface area contributed by atoms with E-state index in [1.807, 2.05) is 7.05 Å². The molecule has 12 heavy (non-hydrogen) atoms. The number of nitrogens with one attached hydrogen (secondary N) is 1. The minimum atomic E-state index is 0.517. The van der Waals surface area contributed by atoms with Crippen LogP contribution in [0.15, 0.2) is 6.07 Å². The summed E-state index contributed by atoms with van der Waals surface area (Å²) in [5.74, 6) is 0.716. The molecule has 1 aliphatic carbocycles. The molecule has 1 heterocycles. The van der Waals surface area contributed by atoms with Crippen LogP contribution in [0.5, 0.6) is 0 Å². The second-order valence-electron chi connectivity index (χ2n) is 3.38. The number of halogens is 1. The zero-order chi connectivity index (χ0) is 8.72. The second kappa shape index (κ2) is 3.02. The molecule has 1 nitrogen and oxygen atoms in total. The number of hydrogen-bond acceptors (Lipinski definition) is 2. The highest BCUT2D eigenvalue weighted by Crippen LogP contribution is 2.42. The average molecular weight is 202 g/mol. The van der Waals surface area contributed by atoms with Gasteiger partial charge in [0.2, 0.25) is 0 Å². The van der Waals surface area contributed by atoms with E-state index < -0.39 is 0 Å². The van der Waals surface area contributed by atoms with E-state index in [-0.39, 0.29) is 0 Å². The van der Waals surface area contributed by atoms with E-state index in [4.69, 9.17) is 11.6 Å². The lowest BCUT2D eigenvalue weighted by Gasteiger charge is -2.14. The second-order valence-corrected chi connectivity index (χ2v) is 5.14. The summed E-state index contributed by atoms with van der Waals surface area (Å²) in [6.07, 6.45) is 1.18. The van der Waals surface area contributed by atoms with Crippen molar-refractivity contribution in [2.45, 2.75) is 19.4 Å². The van der Waals surface area contributed by atoms with Crippen molar-refractivity contribution < 1.29 is 0 Å². The molecular formula is C9H12ClNS. The molecule has 66 valence electrons. The zero-order valence-corrected chi connectivity index (χ0v) is 8.80. The first-order valence-electron chi connectivity index (χ1n) is 4.17. The Balaban J connectivity index is 2.38. The summed E-state index contributed by atoms with van der Waals surface area (Å²) in [7, 11) is 2.02. The van der Waals surface area contributed by atoms with Crippen LogP contribution in [0.2, 0.25) is 4.34 Å². The van der Waals surface area contributed by atoms with Crippen LogP contribution >= 0.6 is 22.9 Å². The Bertz CT molecular complexity index is 295. The standard InChI is InChI=1S/C9H12ClNS/c1-5-3-7-6(9(5)11-2)4-8(10)12-7/h4-5,9,11H,3H2,1-2H3. The van der Waals surface area contributed by atoms with Gasteiger partial charge in [-0.3, -0.25) is 0 Å². The summed E-state index contributed by atoms with van der Waals surface area (Å²) in [6.45, 7) is 2.28. The average Bonchev–Trinajstić information content (AvgIpc) is 2.43. The molecule has 2 atom stereocenters. The summed E-state index contributed by atoms with van der Waals surface area (Å²) >= 11 is 7.66. The van der Waals surface area contributed by atoms with Crippen molar-refractivity contribution in [3.63, 3.8) is 0 Å². The predicted molar refractivity (Wildman–Crippen MR) is 54.0 cm³/mol. The van der Waals surface area contributed by atoms with Crippen molar-refractivity contribution in [3.05, 3.63) is 20.8 Å². The highest BCUT2D eigenvalue weighted by atomic mass is 35.5. The molecule has 3 heteroatoms. The Morgan fingerprint density at radius 2 is 2.42 bits per heavy atom. The Morgan fingerprint density at radius 1 is 1.67 bits per heavy atom. The fourth-order valence-electron chi connectivity index (χ4n) is 1.99. The van der Waals surface area contributed by atoms with Gasteiger partial charge in [-0.2, -0.15) is 0 Å². The summed E-state index contributed by atoms with van der Waals surface area (Å²) in [4.78, 5) is 1.46. The van der Waals surface area contributed by atoms with E-state index in [0.717, 1.165) is 4.34 Å². The molecule has 1 aliphatic rings. The maximum atomic E-state index is 5.94. The van der Waals surface area contributed by atoms with Gasteiger partial charge in [-0.15, -0.1) is 11.3 Å². The van der Waals surface area contributed by atoms with Gasteiger partial charge in [0.05, 0.1) is 4.34 Å². The molecule has 2 unspecified atom stereocenters. The minimum absolute atomic E-state index is 0.517. The van der Waals surface area contributed by atoms with E-state index in [1.54, 1.807) is 11.3 Å². The Hall–Kier alpha value is -0.0500. The molecular weight excluding hydrogens is 190 g/mol. The predicted octanol–water partition coefficient (Wildman–Crippen LogP) is 2.85. The molecule has 0 amide bonds. The highest BCUT2D eigenvalue weighted by Gasteiger charge is 2.29. The van der Waals surface area contributed by atoms with Crippen molar-refractivity contribution >= 4 is 22.9 Å². The van der Waals surface area contributed by atoms with E-state index in [1.165, 1.54) is 16.9 Å². The van der Waals surface area contributed by atoms with Crippen LogP contribution in [0, 0.1) is 5.92 Å². The lowest BCUT2D eigenvalue weighted by molar-refractivity contribution is 0.447. The molecule has 2 rings (SSSR count). The Kier molecular flexibility index (Phi) is 2.15. The van der Waals surface area contributed by atoms with Crippen LogP contribution in [0.3, 0.4) is 0 Å². The fraction of sp³-hybridized carbons (Fsp3) is 0.556. The highest BCUT2D eigenvalue weighted by molar-refractivity contribution is 7.16. The summed E-state index contributed by atoms with van der Waals surface area (Å²) in [5.41, 5.74) is 1.42. The Labute approximate surface area is 81.7 Å². The molecule has 0 bridgehead atoms. The first-order valence-corrected chi connectivity index (χ1v) is 5.37. The maximum Gasteiger partial charge on any atom is 0.0934 e. The third-order valence-corrected chi connectivity index (χ3v) is 3.84.